The maximum absolute atomic E-state index is 11.0. The van der Waals surface area contributed by atoms with Crippen LogP contribution in [-0.2, 0) is 11.2 Å². The minimum Gasteiger partial charge on any atom is -0.225 e. The van der Waals surface area contributed by atoms with Crippen LogP contribution in [0.1, 0.15) is 20.3 Å². The fourth-order valence-electron chi connectivity index (χ4n) is 0.361. The quantitative estimate of drug-likeness (QED) is 0.645. The van der Waals surface area contributed by atoms with Crippen LogP contribution in [0.5, 0.6) is 0 Å². The summed E-state index contributed by atoms with van der Waals surface area (Å²) in [5, 5.41) is 0. The Balaban J connectivity index is 3.57. The van der Waals surface area contributed by atoms with E-state index in [4.69, 9.17) is 0 Å². The van der Waals surface area contributed by atoms with E-state index in [0.29, 0.717) is 6.04 Å². The van der Waals surface area contributed by atoms with E-state index in [1.165, 1.54) is 0 Å². The smallest absolute Gasteiger partial charge is 0.169 e. The lowest BCUT2D eigenvalue weighted by Crippen LogP contribution is -2.35. The summed E-state index contributed by atoms with van der Waals surface area (Å²) >= 11 is -1.02. The van der Waals surface area contributed by atoms with Gasteiger partial charge in [0.2, 0.25) is 0 Å². The van der Waals surface area contributed by atoms with Gasteiger partial charge in [-0.25, -0.2) is 13.2 Å². The lowest BCUT2D eigenvalue weighted by atomic mass is 10.3. The van der Waals surface area contributed by atoms with Crippen molar-refractivity contribution in [2.24, 2.45) is 0 Å². The Morgan fingerprint density at radius 3 is 2.40 bits per heavy atom. The number of nitrogens with one attached hydrogen (secondary N) is 1. The van der Waals surface area contributed by atoms with Crippen LogP contribution in [0.2, 0.25) is 0 Å². The van der Waals surface area contributed by atoms with Crippen molar-refractivity contribution in [3.63, 3.8) is 0 Å². The molecule has 2 atom stereocenters. The summed E-state index contributed by atoms with van der Waals surface area (Å²) in [5.41, 5.74) is 0. The highest BCUT2D eigenvalue weighted by molar-refractivity contribution is 7.80. The molecular weight excluding hydrogens is 148 g/mol. The van der Waals surface area contributed by atoms with Gasteiger partial charge in [0.1, 0.15) is 0 Å². The summed E-state index contributed by atoms with van der Waals surface area (Å²) in [4.78, 5) is 0. The van der Waals surface area contributed by atoms with Crippen molar-refractivity contribution in [2.75, 3.05) is 14.1 Å². The van der Waals surface area contributed by atoms with E-state index in [0.717, 1.165) is 6.42 Å². The zero-order chi connectivity index (χ0) is 8.15. The van der Waals surface area contributed by atoms with E-state index < -0.39 is 11.2 Å². The Morgan fingerprint density at radius 1 is 1.60 bits per heavy atom. The first-order valence-corrected chi connectivity index (χ1v) is 4.54. The second-order valence-corrected chi connectivity index (χ2v) is 3.95. The minimum atomic E-state index is -1.02. The third kappa shape index (κ3) is 3.98. The highest BCUT2D eigenvalue weighted by atomic mass is 32.2. The Hall–Kier alpha value is 0.0700. The van der Waals surface area contributed by atoms with E-state index in [1.807, 2.05) is 6.92 Å². The first kappa shape index (κ1) is 10.1. The molecule has 1 N–H and O–H groups in total. The van der Waals surface area contributed by atoms with Crippen molar-refractivity contribution in [1.82, 2.24) is 9.03 Å². The molecule has 0 spiro atoms. The summed E-state index contributed by atoms with van der Waals surface area (Å²) in [6.07, 6.45) is 1.000. The zero-order valence-electron chi connectivity index (χ0n) is 7.05. The molecule has 0 bridgehead atoms. The lowest BCUT2D eigenvalue weighted by Gasteiger charge is -2.14. The molecule has 4 heteroatoms. The van der Waals surface area contributed by atoms with E-state index in [-0.39, 0.29) is 0 Å². The maximum atomic E-state index is 11.0. The number of nitrogens with zero attached hydrogens (tertiary/aromatic N) is 1. The number of hydrogen-bond acceptors (Lipinski definition) is 1. The second kappa shape index (κ2) is 4.82. The molecule has 0 aromatic heterocycles. The topological polar surface area (TPSA) is 32.3 Å². The molecule has 62 valence electrons. The molecule has 0 aliphatic heterocycles. The molecule has 0 aliphatic carbocycles. The van der Waals surface area contributed by atoms with Crippen LogP contribution in [-0.4, -0.2) is 28.7 Å². The van der Waals surface area contributed by atoms with Crippen LogP contribution in [0.4, 0.5) is 0 Å². The van der Waals surface area contributed by atoms with E-state index in [9.17, 15) is 4.21 Å². The van der Waals surface area contributed by atoms with Crippen molar-refractivity contribution in [2.45, 2.75) is 26.3 Å². The molecule has 0 saturated carbocycles. The highest BCUT2D eigenvalue weighted by Crippen LogP contribution is 1.90. The van der Waals surface area contributed by atoms with Gasteiger partial charge in [-0.3, -0.25) is 0 Å². The normalized spacial score (nSPS) is 17.3. The molecule has 0 rings (SSSR count). The molecule has 0 aliphatic rings. The standard InChI is InChI=1S/C6H16N2OS/c1-5-6(2)7-10(9)8(3)4/h6-7H,5H2,1-4H3. The first-order valence-electron chi connectivity index (χ1n) is 3.43. The molecule has 0 amide bonds. The van der Waals surface area contributed by atoms with Crippen molar-refractivity contribution in [3.8, 4) is 0 Å². The minimum absolute atomic E-state index is 0.322. The van der Waals surface area contributed by atoms with Gasteiger partial charge in [0.05, 0.1) is 0 Å². The largest absolute Gasteiger partial charge is 0.225 e. The van der Waals surface area contributed by atoms with Crippen LogP contribution in [0.3, 0.4) is 0 Å². The van der Waals surface area contributed by atoms with Gasteiger partial charge in [-0.05, 0) is 13.3 Å². The van der Waals surface area contributed by atoms with Gasteiger partial charge >= 0.3 is 0 Å². The van der Waals surface area contributed by atoms with Gasteiger partial charge in [-0.1, -0.05) is 6.92 Å². The third-order valence-corrected chi connectivity index (χ3v) is 2.51. The van der Waals surface area contributed by atoms with Crippen LogP contribution < -0.4 is 4.72 Å². The molecule has 0 radical (unpaired) electrons. The van der Waals surface area contributed by atoms with Gasteiger partial charge < -0.3 is 0 Å². The summed E-state index contributed by atoms with van der Waals surface area (Å²) in [7, 11) is 3.57. The van der Waals surface area contributed by atoms with E-state index in [1.54, 1.807) is 18.4 Å². The van der Waals surface area contributed by atoms with E-state index >= 15 is 0 Å². The molecule has 0 heterocycles. The van der Waals surface area contributed by atoms with Crippen LogP contribution in [0, 0.1) is 0 Å². The van der Waals surface area contributed by atoms with E-state index in [2.05, 4.69) is 11.6 Å². The molecule has 0 fully saturated rings. The highest BCUT2D eigenvalue weighted by Gasteiger charge is 2.04. The van der Waals surface area contributed by atoms with Crippen LogP contribution in [0.15, 0.2) is 0 Å². The van der Waals surface area contributed by atoms with Gasteiger partial charge in [-0.15, -0.1) is 0 Å². The first-order chi connectivity index (χ1) is 4.57. The molecule has 0 aromatic rings. The van der Waals surface area contributed by atoms with Crippen molar-refractivity contribution >= 4 is 11.2 Å². The fourth-order valence-corrected chi connectivity index (χ4v) is 1.08. The number of rotatable bonds is 4. The summed E-state index contributed by atoms with van der Waals surface area (Å²) in [5.74, 6) is 0. The summed E-state index contributed by atoms with van der Waals surface area (Å²) in [6, 6.07) is 0.322. The average molecular weight is 164 g/mol. The van der Waals surface area contributed by atoms with Crippen molar-refractivity contribution in [3.05, 3.63) is 0 Å². The number of hydrogen-bond donors (Lipinski definition) is 1. The average Bonchev–Trinajstić information content (AvgIpc) is 1.87. The summed E-state index contributed by atoms with van der Waals surface area (Å²) < 4.78 is 15.6. The monoisotopic (exact) mass is 164 g/mol. The second-order valence-electron chi connectivity index (χ2n) is 2.49. The zero-order valence-corrected chi connectivity index (χ0v) is 7.86. The fraction of sp³-hybridized carbons (Fsp3) is 1.00. The molecule has 10 heavy (non-hydrogen) atoms. The molecular formula is C6H16N2OS. The van der Waals surface area contributed by atoms with Crippen LogP contribution in [0.25, 0.3) is 0 Å². The van der Waals surface area contributed by atoms with Crippen molar-refractivity contribution < 1.29 is 4.21 Å². The third-order valence-electron chi connectivity index (χ3n) is 1.25. The van der Waals surface area contributed by atoms with Gasteiger partial charge in [0.25, 0.3) is 0 Å². The Labute approximate surface area is 65.5 Å². The van der Waals surface area contributed by atoms with Crippen LogP contribution >= 0.6 is 0 Å². The Bertz CT molecular complexity index is 116. The Morgan fingerprint density at radius 2 is 2.10 bits per heavy atom. The van der Waals surface area contributed by atoms with Gasteiger partial charge in [0, 0.05) is 20.1 Å². The predicted octanol–water partition coefficient (Wildman–Crippen LogP) is 0.515. The SMILES string of the molecule is CCC(C)NS(=O)N(C)C. The van der Waals surface area contributed by atoms with Crippen molar-refractivity contribution in [1.29, 1.82) is 0 Å². The molecule has 3 nitrogen and oxygen atoms in total. The summed E-state index contributed by atoms with van der Waals surface area (Å²) in [6.45, 7) is 4.08. The van der Waals surface area contributed by atoms with Gasteiger partial charge in [0.15, 0.2) is 11.2 Å². The molecule has 0 saturated heterocycles. The van der Waals surface area contributed by atoms with Gasteiger partial charge in [-0.2, -0.15) is 0 Å². The lowest BCUT2D eigenvalue weighted by molar-refractivity contribution is 0.561. The predicted molar refractivity (Wildman–Crippen MR) is 44.7 cm³/mol. The molecule has 2 unspecified atom stereocenters. The molecule has 0 aromatic carbocycles. The Kier molecular flexibility index (Phi) is 4.85. The maximum Gasteiger partial charge on any atom is 0.169 e.